The van der Waals surface area contributed by atoms with E-state index in [4.69, 9.17) is 9.47 Å². The van der Waals surface area contributed by atoms with E-state index < -0.39 is 49.5 Å². The Kier molecular flexibility index (Phi) is 57.5. The van der Waals surface area contributed by atoms with Gasteiger partial charge in [-0.15, -0.1) is 0 Å². The lowest BCUT2D eigenvalue weighted by molar-refractivity contribution is -0.302. The maximum absolute atomic E-state index is 13.1. The largest absolute Gasteiger partial charge is 0.394 e. The standard InChI is InChI=1S/C72H131NO8/c1-3-5-7-9-11-13-15-17-19-21-23-25-27-29-31-32-33-34-36-38-40-42-44-46-48-50-52-54-56-58-60-62-68(76)73-65(64-80-72-71(79)70(78)69(77)67(63-74)81-72)66(75)61-59-57-55-53-51-49-47-45-43-41-39-37-35-30-28-26-24-22-20-18-16-14-12-10-8-6-4-2/h15,17,21,23,27,29,43,45,51,53,59,61,65-67,69-72,74-75,77-79H,3-14,16,18-20,22,24-26,28,30-42,44,46-50,52,54-58,60,62-64H2,1-2H3,(H,73,76)/b17-15-,23-21-,29-27-,45-43+,53-51+,61-59+. The molecule has 1 fully saturated rings. The van der Waals surface area contributed by atoms with Crippen molar-refractivity contribution in [2.45, 2.75) is 365 Å². The molecule has 0 aliphatic carbocycles. The summed E-state index contributed by atoms with van der Waals surface area (Å²) in [6.07, 6.45) is 78.6. The number of hydrogen-bond acceptors (Lipinski definition) is 8. The summed E-state index contributed by atoms with van der Waals surface area (Å²) in [6, 6.07) is -0.833. The molecular formula is C72H131NO8. The second-order valence-electron chi connectivity index (χ2n) is 24.0. The molecule has 1 aliphatic heterocycles. The first-order chi connectivity index (χ1) is 39.8. The third-order valence-corrected chi connectivity index (χ3v) is 16.2. The van der Waals surface area contributed by atoms with Gasteiger partial charge < -0.3 is 40.3 Å². The molecule has 1 heterocycles. The van der Waals surface area contributed by atoms with Crippen LogP contribution in [0.1, 0.15) is 322 Å². The highest BCUT2D eigenvalue weighted by molar-refractivity contribution is 5.76. The van der Waals surface area contributed by atoms with Crippen LogP contribution < -0.4 is 5.32 Å². The maximum atomic E-state index is 13.1. The van der Waals surface area contributed by atoms with Crippen molar-refractivity contribution >= 4 is 5.91 Å². The van der Waals surface area contributed by atoms with E-state index in [1.165, 1.54) is 244 Å². The van der Waals surface area contributed by atoms with Crippen LogP contribution in [0.15, 0.2) is 72.9 Å². The summed E-state index contributed by atoms with van der Waals surface area (Å²) >= 11 is 0. The highest BCUT2D eigenvalue weighted by Crippen LogP contribution is 2.23. The minimum Gasteiger partial charge on any atom is -0.394 e. The fraction of sp³-hybridized carbons (Fsp3) is 0.819. The third-order valence-electron chi connectivity index (χ3n) is 16.2. The quantitative estimate of drug-likeness (QED) is 0.0261. The van der Waals surface area contributed by atoms with Gasteiger partial charge in [-0.25, -0.2) is 0 Å². The lowest BCUT2D eigenvalue weighted by atomic mass is 9.99. The molecule has 9 nitrogen and oxygen atoms in total. The predicted molar refractivity (Wildman–Crippen MR) is 345 cm³/mol. The molecular weight excluding hydrogens is 1010 g/mol. The first kappa shape index (κ1) is 76.6. The number of rotatable bonds is 60. The molecule has 0 radical (unpaired) electrons. The second-order valence-corrected chi connectivity index (χ2v) is 24.0. The topological polar surface area (TPSA) is 149 Å². The summed E-state index contributed by atoms with van der Waals surface area (Å²) in [5, 5.41) is 54.7. The Bertz CT molecular complexity index is 1510. The summed E-state index contributed by atoms with van der Waals surface area (Å²) in [5.41, 5.74) is 0. The lowest BCUT2D eigenvalue weighted by Gasteiger charge is -2.40. The van der Waals surface area contributed by atoms with Crippen LogP contribution in [0.3, 0.4) is 0 Å². The van der Waals surface area contributed by atoms with Crippen LogP contribution in [0.25, 0.3) is 0 Å². The fourth-order valence-electron chi connectivity index (χ4n) is 10.8. The van der Waals surface area contributed by atoms with Crippen molar-refractivity contribution in [2.24, 2.45) is 0 Å². The monoisotopic (exact) mass is 1140 g/mol. The number of aliphatic hydroxyl groups excluding tert-OH is 5. The van der Waals surface area contributed by atoms with Gasteiger partial charge in [0.2, 0.25) is 5.91 Å². The van der Waals surface area contributed by atoms with Gasteiger partial charge in [0.25, 0.3) is 0 Å². The van der Waals surface area contributed by atoms with E-state index in [1.54, 1.807) is 6.08 Å². The zero-order valence-corrected chi connectivity index (χ0v) is 52.8. The van der Waals surface area contributed by atoms with E-state index in [1.807, 2.05) is 6.08 Å². The lowest BCUT2D eigenvalue weighted by Crippen LogP contribution is -2.60. The fourth-order valence-corrected chi connectivity index (χ4v) is 10.8. The van der Waals surface area contributed by atoms with E-state index in [0.717, 1.165) is 57.8 Å². The molecule has 81 heavy (non-hydrogen) atoms. The van der Waals surface area contributed by atoms with Crippen LogP contribution >= 0.6 is 0 Å². The zero-order valence-electron chi connectivity index (χ0n) is 52.8. The molecule has 7 unspecified atom stereocenters. The molecule has 7 atom stereocenters. The maximum Gasteiger partial charge on any atom is 0.220 e. The molecule has 0 aromatic heterocycles. The van der Waals surface area contributed by atoms with Crippen LogP contribution in [0.2, 0.25) is 0 Å². The summed E-state index contributed by atoms with van der Waals surface area (Å²) in [6.45, 7) is 3.78. The molecule has 0 saturated carbocycles. The van der Waals surface area contributed by atoms with E-state index in [2.05, 4.69) is 79.9 Å². The molecule has 472 valence electrons. The molecule has 1 rings (SSSR count). The third kappa shape index (κ3) is 49.6. The van der Waals surface area contributed by atoms with E-state index >= 15 is 0 Å². The highest BCUT2D eigenvalue weighted by Gasteiger charge is 2.44. The molecule has 1 saturated heterocycles. The number of hydrogen-bond donors (Lipinski definition) is 6. The normalized spacial score (nSPS) is 18.8. The van der Waals surface area contributed by atoms with Gasteiger partial charge in [-0.3, -0.25) is 4.79 Å². The van der Waals surface area contributed by atoms with Gasteiger partial charge in [-0.1, -0.05) is 305 Å². The number of amides is 1. The molecule has 0 spiro atoms. The summed E-state index contributed by atoms with van der Waals surface area (Å²) in [4.78, 5) is 13.1. The van der Waals surface area contributed by atoms with Gasteiger partial charge in [0, 0.05) is 6.42 Å². The minimum atomic E-state index is -1.58. The summed E-state index contributed by atoms with van der Waals surface area (Å²) < 4.78 is 11.3. The Morgan fingerprint density at radius 3 is 1.12 bits per heavy atom. The molecule has 0 aromatic rings. The molecule has 0 aromatic carbocycles. The van der Waals surface area contributed by atoms with Crippen molar-refractivity contribution in [3.05, 3.63) is 72.9 Å². The van der Waals surface area contributed by atoms with Gasteiger partial charge in [0.15, 0.2) is 6.29 Å². The van der Waals surface area contributed by atoms with Crippen LogP contribution in [0.5, 0.6) is 0 Å². The van der Waals surface area contributed by atoms with Gasteiger partial charge in [0.1, 0.15) is 24.4 Å². The Hall–Kier alpha value is -2.37. The van der Waals surface area contributed by atoms with Crippen LogP contribution in [0, 0.1) is 0 Å². The summed E-state index contributed by atoms with van der Waals surface area (Å²) in [5.74, 6) is -0.189. The van der Waals surface area contributed by atoms with Crippen LogP contribution in [-0.4, -0.2) is 87.5 Å². The first-order valence-electron chi connectivity index (χ1n) is 34.7. The van der Waals surface area contributed by atoms with Gasteiger partial charge in [0.05, 0.1) is 25.4 Å². The first-order valence-corrected chi connectivity index (χ1v) is 34.7. The number of allylic oxidation sites excluding steroid dienone is 11. The van der Waals surface area contributed by atoms with Crippen LogP contribution in [-0.2, 0) is 14.3 Å². The molecule has 1 amide bonds. The number of unbranched alkanes of at least 4 members (excludes halogenated alkanes) is 40. The SMILES string of the molecule is CCCCCCC/C=C\C/C=C\C/C=C\CCCCCCCCCCCCCCCCCCC(=O)NC(COC1OC(CO)C(O)C(O)C1O)C(O)/C=C/CC/C=C/CC/C=C/CCCCCCCCCCCCCCCCCCC. The van der Waals surface area contributed by atoms with Gasteiger partial charge >= 0.3 is 0 Å². The van der Waals surface area contributed by atoms with Gasteiger partial charge in [-0.05, 0) is 83.5 Å². The van der Waals surface area contributed by atoms with Crippen molar-refractivity contribution in [1.29, 1.82) is 0 Å². The minimum absolute atomic E-state index is 0.189. The van der Waals surface area contributed by atoms with Crippen molar-refractivity contribution in [3.63, 3.8) is 0 Å². The second kappa shape index (κ2) is 60.7. The van der Waals surface area contributed by atoms with Gasteiger partial charge in [-0.2, -0.15) is 0 Å². The average molecular weight is 1140 g/mol. The molecule has 0 bridgehead atoms. The molecule has 6 N–H and O–H groups in total. The molecule has 1 aliphatic rings. The predicted octanol–water partition coefficient (Wildman–Crippen LogP) is 18.8. The van der Waals surface area contributed by atoms with E-state index in [-0.39, 0.29) is 12.5 Å². The zero-order chi connectivity index (χ0) is 58.6. The van der Waals surface area contributed by atoms with Crippen molar-refractivity contribution < 1.29 is 39.8 Å². The Labute approximate surface area is 499 Å². The van der Waals surface area contributed by atoms with Crippen molar-refractivity contribution in [2.75, 3.05) is 13.2 Å². The Balaban J connectivity index is 2.17. The van der Waals surface area contributed by atoms with Crippen molar-refractivity contribution in [1.82, 2.24) is 5.32 Å². The number of carbonyl (C=O) groups is 1. The highest BCUT2D eigenvalue weighted by atomic mass is 16.7. The van der Waals surface area contributed by atoms with Crippen molar-refractivity contribution in [3.8, 4) is 0 Å². The smallest absolute Gasteiger partial charge is 0.220 e. The van der Waals surface area contributed by atoms with Crippen LogP contribution in [0.4, 0.5) is 0 Å². The van der Waals surface area contributed by atoms with E-state index in [0.29, 0.717) is 6.42 Å². The molecule has 9 heteroatoms. The summed E-state index contributed by atoms with van der Waals surface area (Å²) in [7, 11) is 0. The average Bonchev–Trinajstić information content (AvgIpc) is 3.47. The Morgan fingerprint density at radius 1 is 0.420 bits per heavy atom. The van der Waals surface area contributed by atoms with E-state index in [9.17, 15) is 30.3 Å². The number of nitrogens with one attached hydrogen (secondary N) is 1. The number of carbonyl (C=O) groups excluding carboxylic acids is 1. The number of aliphatic hydroxyl groups is 5. The Morgan fingerprint density at radius 2 is 0.741 bits per heavy atom. The number of ether oxygens (including phenoxy) is 2.